The molecule has 2 N–H and O–H groups in total. The van der Waals surface area contributed by atoms with Gasteiger partial charge in [-0.3, -0.25) is 20.2 Å². The molecular weight excluding hydrogens is 410 g/mol. The Morgan fingerprint density at radius 2 is 2.09 bits per heavy atom. The van der Waals surface area contributed by atoms with E-state index in [4.69, 9.17) is 5.41 Å². The summed E-state index contributed by atoms with van der Waals surface area (Å²) in [5.41, 5.74) is 6.31. The summed E-state index contributed by atoms with van der Waals surface area (Å²) in [6.07, 6.45) is 7.63. The first-order valence-electron chi connectivity index (χ1n) is 11.4. The molecule has 0 radical (unpaired) electrons. The van der Waals surface area contributed by atoms with Crippen molar-refractivity contribution in [3.63, 3.8) is 0 Å². The number of hydrogen-bond donors (Lipinski definition) is 2. The number of carbonyl (C=O) groups is 1. The van der Waals surface area contributed by atoms with E-state index in [1.807, 2.05) is 0 Å². The Labute approximate surface area is 188 Å². The number of fused-ring (bicyclic) bond motifs is 1. The number of anilines is 2. The molecule has 0 fully saturated rings. The number of hydrazine groups is 1. The van der Waals surface area contributed by atoms with E-state index in [2.05, 4.69) is 31.2 Å². The van der Waals surface area contributed by atoms with Crippen molar-refractivity contribution in [2.24, 2.45) is 11.8 Å². The molecular formula is C25H32F2N4O. The number of aromatic nitrogens is 1. The largest absolute Gasteiger partial charge is 0.308 e. The maximum Gasteiger partial charge on any atom is 0.151 e. The average molecular weight is 443 g/mol. The zero-order valence-electron chi connectivity index (χ0n) is 19.0. The highest BCUT2D eigenvalue weighted by Crippen LogP contribution is 2.34. The van der Waals surface area contributed by atoms with E-state index < -0.39 is 11.6 Å². The number of aryl methyl sites for hydroxylation is 1. The molecule has 0 bridgehead atoms. The van der Waals surface area contributed by atoms with Crippen LogP contribution in [-0.4, -0.2) is 17.0 Å². The minimum Gasteiger partial charge on any atom is -0.308 e. The highest BCUT2D eigenvalue weighted by Gasteiger charge is 2.25. The van der Waals surface area contributed by atoms with E-state index in [9.17, 15) is 13.6 Å². The molecule has 0 aliphatic carbocycles. The number of carbonyl (C=O) groups excluding carboxylic acids is 1. The van der Waals surface area contributed by atoms with E-state index in [-0.39, 0.29) is 11.6 Å². The fourth-order valence-corrected chi connectivity index (χ4v) is 4.17. The summed E-state index contributed by atoms with van der Waals surface area (Å²) >= 11 is 0. The third-order valence-electron chi connectivity index (χ3n) is 6.08. The maximum absolute atomic E-state index is 14.2. The maximum atomic E-state index is 14.2. The van der Waals surface area contributed by atoms with Crippen molar-refractivity contribution in [1.29, 1.82) is 5.41 Å². The average Bonchev–Trinajstić information content (AvgIpc) is 3.17. The van der Waals surface area contributed by atoms with Gasteiger partial charge in [0.15, 0.2) is 5.82 Å². The summed E-state index contributed by atoms with van der Waals surface area (Å²) < 4.78 is 27.5. The number of rotatable bonds is 11. The number of nitrogens with zero attached hydrogens (tertiary/aromatic N) is 2. The molecule has 1 aromatic carbocycles. The van der Waals surface area contributed by atoms with Gasteiger partial charge in [-0.2, -0.15) is 0 Å². The standard InChI is InChI=1S/C25H32F2N4O/c1-4-17(9-8-16(2)3)24(32)7-5-6-22-20(13-28)25-18(14-29-22)15-31(30-25)23-11-10-19(26)12-21(23)27/h10-14,16-17,28,30H,4-9,15H2,1-3H3. The molecule has 5 nitrogen and oxygen atoms in total. The van der Waals surface area contributed by atoms with Gasteiger partial charge in [-0.05, 0) is 43.7 Å². The monoisotopic (exact) mass is 442 g/mol. The molecule has 3 rings (SSSR count). The van der Waals surface area contributed by atoms with E-state index >= 15 is 0 Å². The van der Waals surface area contributed by atoms with Crippen LogP contribution in [0, 0.1) is 28.9 Å². The Kier molecular flexibility index (Phi) is 7.94. The van der Waals surface area contributed by atoms with Gasteiger partial charge in [0, 0.05) is 41.9 Å². The molecule has 0 spiro atoms. The molecule has 2 heterocycles. The predicted molar refractivity (Wildman–Crippen MR) is 124 cm³/mol. The summed E-state index contributed by atoms with van der Waals surface area (Å²) in [5, 5.41) is 9.48. The zero-order chi connectivity index (χ0) is 23.3. The normalized spacial score (nSPS) is 13.8. The van der Waals surface area contributed by atoms with Gasteiger partial charge in [0.05, 0.1) is 23.6 Å². The lowest BCUT2D eigenvalue weighted by molar-refractivity contribution is -0.123. The summed E-state index contributed by atoms with van der Waals surface area (Å²) in [5.74, 6) is -0.263. The summed E-state index contributed by atoms with van der Waals surface area (Å²) in [6, 6.07) is 3.45. The van der Waals surface area contributed by atoms with Gasteiger partial charge in [0.1, 0.15) is 11.6 Å². The molecule has 0 saturated carbocycles. The first-order chi connectivity index (χ1) is 15.3. The fourth-order valence-electron chi connectivity index (χ4n) is 4.17. The van der Waals surface area contributed by atoms with Crippen LogP contribution in [0.15, 0.2) is 24.4 Å². The van der Waals surface area contributed by atoms with Crippen molar-refractivity contribution in [3.8, 4) is 0 Å². The van der Waals surface area contributed by atoms with Gasteiger partial charge in [-0.1, -0.05) is 27.2 Å². The molecule has 1 aliphatic rings. The molecule has 1 atom stereocenters. The van der Waals surface area contributed by atoms with E-state index in [1.54, 1.807) is 11.2 Å². The van der Waals surface area contributed by atoms with Crippen LogP contribution in [-0.2, 0) is 17.8 Å². The second kappa shape index (κ2) is 10.7. The molecule has 172 valence electrons. The Morgan fingerprint density at radius 3 is 2.75 bits per heavy atom. The number of benzene rings is 1. The number of nitrogens with one attached hydrogen (secondary N) is 2. The van der Waals surface area contributed by atoms with Crippen LogP contribution in [0.5, 0.6) is 0 Å². The first kappa shape index (κ1) is 23.8. The SMILES string of the molecule is CCC(CCC(C)C)C(=O)CCCc1ncc2c(c1C=N)NN(c1ccc(F)cc1F)C2. The lowest BCUT2D eigenvalue weighted by atomic mass is 9.89. The molecule has 1 aromatic heterocycles. The van der Waals surface area contributed by atoms with Crippen LogP contribution in [0.25, 0.3) is 0 Å². The van der Waals surface area contributed by atoms with Gasteiger partial charge in [0.25, 0.3) is 0 Å². The summed E-state index contributed by atoms with van der Waals surface area (Å²) in [4.78, 5) is 17.2. The third kappa shape index (κ3) is 5.50. The van der Waals surface area contributed by atoms with Crippen molar-refractivity contribution < 1.29 is 13.6 Å². The Morgan fingerprint density at radius 1 is 1.31 bits per heavy atom. The second-order valence-electron chi connectivity index (χ2n) is 8.85. The van der Waals surface area contributed by atoms with Crippen LogP contribution in [0.4, 0.5) is 20.2 Å². The molecule has 1 unspecified atom stereocenters. The molecule has 32 heavy (non-hydrogen) atoms. The lowest BCUT2D eigenvalue weighted by Crippen LogP contribution is -2.24. The van der Waals surface area contributed by atoms with Crippen molar-refractivity contribution in [2.75, 3.05) is 10.4 Å². The van der Waals surface area contributed by atoms with Crippen LogP contribution < -0.4 is 10.4 Å². The topological polar surface area (TPSA) is 69.1 Å². The molecule has 0 saturated heterocycles. The molecule has 2 aromatic rings. The predicted octanol–water partition coefficient (Wildman–Crippen LogP) is 6.06. The number of ketones is 1. The van der Waals surface area contributed by atoms with Gasteiger partial charge >= 0.3 is 0 Å². The highest BCUT2D eigenvalue weighted by atomic mass is 19.1. The van der Waals surface area contributed by atoms with Gasteiger partial charge < -0.3 is 5.41 Å². The van der Waals surface area contributed by atoms with Crippen LogP contribution in [0.1, 0.15) is 69.7 Å². The third-order valence-corrected chi connectivity index (χ3v) is 6.08. The van der Waals surface area contributed by atoms with Crippen molar-refractivity contribution in [3.05, 3.63) is 52.9 Å². The van der Waals surface area contributed by atoms with Crippen LogP contribution in [0.3, 0.4) is 0 Å². The Balaban J connectivity index is 1.66. The van der Waals surface area contributed by atoms with E-state index in [0.717, 1.165) is 36.6 Å². The van der Waals surface area contributed by atoms with Gasteiger partial charge in [-0.15, -0.1) is 0 Å². The summed E-state index contributed by atoms with van der Waals surface area (Å²) in [6.45, 7) is 6.78. The molecule has 7 heteroatoms. The van der Waals surface area contributed by atoms with Crippen molar-refractivity contribution in [1.82, 2.24) is 4.98 Å². The Bertz CT molecular complexity index is 977. The summed E-state index contributed by atoms with van der Waals surface area (Å²) in [7, 11) is 0. The van der Waals surface area contributed by atoms with Crippen molar-refractivity contribution in [2.45, 2.75) is 65.8 Å². The minimum absolute atomic E-state index is 0.119. The number of halogens is 2. The van der Waals surface area contributed by atoms with Crippen LogP contribution in [0.2, 0.25) is 0 Å². The van der Waals surface area contributed by atoms with Gasteiger partial charge in [-0.25, -0.2) is 8.78 Å². The number of hydrogen-bond acceptors (Lipinski definition) is 5. The van der Waals surface area contributed by atoms with E-state index in [1.165, 1.54) is 18.3 Å². The smallest absolute Gasteiger partial charge is 0.151 e. The fraction of sp³-hybridized carbons (Fsp3) is 0.480. The zero-order valence-corrected chi connectivity index (χ0v) is 19.0. The number of Topliss-reactive ketones (excluding diaryl/α,β-unsaturated/α-hetero) is 1. The lowest BCUT2D eigenvalue weighted by Gasteiger charge is -2.19. The van der Waals surface area contributed by atoms with E-state index in [0.29, 0.717) is 48.8 Å². The Hall–Kier alpha value is -2.83. The highest BCUT2D eigenvalue weighted by molar-refractivity contribution is 5.90. The minimum atomic E-state index is -0.656. The van der Waals surface area contributed by atoms with Gasteiger partial charge in [0.2, 0.25) is 0 Å². The molecule has 1 aliphatic heterocycles. The quantitative estimate of drug-likeness (QED) is 0.415. The van der Waals surface area contributed by atoms with Crippen LogP contribution >= 0.6 is 0 Å². The molecule has 0 amide bonds. The van der Waals surface area contributed by atoms with Crippen molar-refractivity contribution >= 4 is 23.4 Å². The second-order valence-corrected chi connectivity index (χ2v) is 8.85. The first-order valence-corrected chi connectivity index (χ1v) is 11.4. The number of pyridine rings is 1.